The third-order valence-corrected chi connectivity index (χ3v) is 5.86. The number of carbonyl (C=O) groups excluding carboxylic acids is 2. The van der Waals surface area contributed by atoms with E-state index in [1.165, 1.54) is 4.57 Å². The number of hydrogen-bond acceptors (Lipinski definition) is 6. The molecule has 1 saturated heterocycles. The molecular formula is C21H18N2O4S. The Hall–Kier alpha value is -2.93. The van der Waals surface area contributed by atoms with E-state index in [-0.39, 0.29) is 34.7 Å². The predicted octanol–water partition coefficient (Wildman–Crippen LogP) is 2.66. The first-order valence-corrected chi connectivity index (χ1v) is 9.78. The number of carbonyl (C=O) groups is 2. The van der Waals surface area contributed by atoms with Crippen molar-refractivity contribution in [3.05, 3.63) is 70.3 Å². The van der Waals surface area contributed by atoms with Gasteiger partial charge in [0.1, 0.15) is 18.2 Å². The van der Waals surface area contributed by atoms with E-state index in [0.29, 0.717) is 28.9 Å². The summed E-state index contributed by atoms with van der Waals surface area (Å²) in [6, 6.07) is 14.6. The molecular weight excluding hydrogens is 376 g/mol. The third kappa shape index (κ3) is 3.71. The molecule has 0 aliphatic carbocycles. The minimum atomic E-state index is -0.282. The van der Waals surface area contributed by atoms with Crippen molar-refractivity contribution >= 4 is 33.6 Å². The Morgan fingerprint density at radius 2 is 1.86 bits per heavy atom. The number of para-hydroxylation sites is 1. The van der Waals surface area contributed by atoms with Crippen LogP contribution in [0.5, 0.6) is 5.75 Å². The smallest absolute Gasteiger partial charge is 0.261 e. The molecule has 0 amide bonds. The summed E-state index contributed by atoms with van der Waals surface area (Å²) < 4.78 is 7.29. The van der Waals surface area contributed by atoms with Crippen LogP contribution >= 0.6 is 11.8 Å². The van der Waals surface area contributed by atoms with Gasteiger partial charge in [-0.25, -0.2) is 4.98 Å². The van der Waals surface area contributed by atoms with E-state index in [1.807, 2.05) is 42.5 Å². The molecule has 6 nitrogen and oxygen atoms in total. The zero-order valence-electron chi connectivity index (χ0n) is 15.3. The highest BCUT2D eigenvalue weighted by Gasteiger charge is 2.31. The molecule has 7 heteroatoms. The molecule has 3 aromatic rings. The highest BCUT2D eigenvalue weighted by atomic mass is 32.2. The van der Waals surface area contributed by atoms with Crippen molar-refractivity contribution in [2.24, 2.45) is 7.05 Å². The van der Waals surface area contributed by atoms with Crippen molar-refractivity contribution in [1.82, 2.24) is 9.55 Å². The van der Waals surface area contributed by atoms with E-state index in [4.69, 9.17) is 4.74 Å². The molecule has 0 radical (unpaired) electrons. The predicted molar refractivity (Wildman–Crippen MR) is 107 cm³/mol. The summed E-state index contributed by atoms with van der Waals surface area (Å²) in [6.45, 7) is 0.168. The number of ketones is 1. The van der Waals surface area contributed by atoms with Crippen LogP contribution in [0.15, 0.2) is 53.3 Å². The Balaban J connectivity index is 1.45. The van der Waals surface area contributed by atoms with Crippen LogP contribution in [-0.4, -0.2) is 25.7 Å². The second-order valence-electron chi connectivity index (χ2n) is 6.67. The number of rotatable bonds is 5. The van der Waals surface area contributed by atoms with Crippen molar-refractivity contribution in [2.75, 3.05) is 0 Å². The fourth-order valence-corrected chi connectivity index (χ4v) is 4.19. The summed E-state index contributed by atoms with van der Waals surface area (Å²) >= 11 is 1.12. The SMILES string of the molecule is Cn1c(COc2ccc(CC3SC(=O)CC3=O)cc2)nc2ccccc2c1=O. The highest BCUT2D eigenvalue weighted by Crippen LogP contribution is 2.28. The van der Waals surface area contributed by atoms with Gasteiger partial charge in [-0.3, -0.25) is 19.0 Å². The van der Waals surface area contributed by atoms with Crippen molar-refractivity contribution in [1.29, 1.82) is 0 Å². The highest BCUT2D eigenvalue weighted by molar-refractivity contribution is 8.15. The fourth-order valence-electron chi connectivity index (χ4n) is 3.15. The average molecular weight is 394 g/mol. The monoisotopic (exact) mass is 394 g/mol. The minimum absolute atomic E-state index is 0.00128. The second-order valence-corrected chi connectivity index (χ2v) is 7.93. The average Bonchev–Trinajstić information content (AvgIpc) is 3.01. The number of hydrogen-bond donors (Lipinski definition) is 0. The first-order valence-electron chi connectivity index (χ1n) is 8.90. The number of fused-ring (bicyclic) bond motifs is 1. The Labute approximate surface area is 165 Å². The standard InChI is InChI=1S/C21H18N2O4S/c1-23-19(22-16-5-3-2-4-15(16)21(23)26)12-27-14-8-6-13(7-9-14)10-18-17(24)11-20(25)28-18/h2-9,18H,10-12H2,1H3. The number of aromatic nitrogens is 2. The van der Waals surface area contributed by atoms with Gasteiger partial charge in [0.25, 0.3) is 5.56 Å². The molecule has 1 aromatic heterocycles. The molecule has 0 N–H and O–H groups in total. The largest absolute Gasteiger partial charge is 0.486 e. The van der Waals surface area contributed by atoms with E-state index in [2.05, 4.69) is 4.98 Å². The van der Waals surface area contributed by atoms with Crippen LogP contribution in [0.25, 0.3) is 10.9 Å². The zero-order valence-corrected chi connectivity index (χ0v) is 16.1. The number of thioether (sulfide) groups is 1. The van der Waals surface area contributed by atoms with Gasteiger partial charge in [-0.05, 0) is 36.2 Å². The Morgan fingerprint density at radius 3 is 2.57 bits per heavy atom. The molecule has 2 aromatic carbocycles. The molecule has 28 heavy (non-hydrogen) atoms. The quantitative estimate of drug-likeness (QED) is 0.619. The molecule has 1 aliphatic rings. The van der Waals surface area contributed by atoms with Gasteiger partial charge >= 0.3 is 0 Å². The first-order chi connectivity index (χ1) is 13.5. The molecule has 142 valence electrons. The van der Waals surface area contributed by atoms with Crippen LogP contribution < -0.4 is 10.3 Å². The maximum Gasteiger partial charge on any atom is 0.261 e. The summed E-state index contributed by atoms with van der Waals surface area (Å²) in [4.78, 5) is 40.1. The van der Waals surface area contributed by atoms with Gasteiger partial charge in [-0.15, -0.1) is 0 Å². The van der Waals surface area contributed by atoms with Crippen LogP contribution in [0.1, 0.15) is 17.8 Å². The van der Waals surface area contributed by atoms with E-state index in [0.717, 1.165) is 17.3 Å². The van der Waals surface area contributed by atoms with Crippen LogP contribution in [0.4, 0.5) is 0 Å². The fraction of sp³-hybridized carbons (Fsp3) is 0.238. The number of ether oxygens (including phenoxy) is 1. The summed E-state index contributed by atoms with van der Waals surface area (Å²) in [5.41, 5.74) is 1.52. The van der Waals surface area contributed by atoms with Gasteiger partial charge in [-0.2, -0.15) is 0 Å². The normalized spacial score (nSPS) is 16.7. The Kier molecular flexibility index (Phi) is 5.00. The lowest BCUT2D eigenvalue weighted by atomic mass is 10.1. The Morgan fingerprint density at radius 1 is 1.11 bits per heavy atom. The summed E-state index contributed by atoms with van der Waals surface area (Å²) in [5, 5.41) is 0.245. The van der Waals surface area contributed by atoms with Crippen LogP contribution in [0.2, 0.25) is 0 Å². The maximum atomic E-state index is 12.4. The van der Waals surface area contributed by atoms with Crippen molar-refractivity contribution in [3.63, 3.8) is 0 Å². The summed E-state index contributed by atoms with van der Waals surface area (Å²) in [7, 11) is 1.68. The molecule has 1 unspecified atom stereocenters. The van der Waals surface area contributed by atoms with Gasteiger partial charge in [0.05, 0.1) is 22.6 Å². The summed E-state index contributed by atoms with van der Waals surface area (Å²) in [6.07, 6.45) is 0.574. The lowest BCUT2D eigenvalue weighted by Gasteiger charge is -2.11. The zero-order chi connectivity index (χ0) is 19.7. The van der Waals surface area contributed by atoms with Gasteiger partial charge < -0.3 is 4.74 Å². The topological polar surface area (TPSA) is 78.3 Å². The van der Waals surface area contributed by atoms with E-state index >= 15 is 0 Å². The third-order valence-electron chi connectivity index (χ3n) is 4.74. The number of Topliss-reactive ketones (excluding diaryl/α,β-unsaturated/α-hetero) is 1. The number of nitrogens with zero attached hydrogens (tertiary/aromatic N) is 2. The minimum Gasteiger partial charge on any atom is -0.486 e. The van der Waals surface area contributed by atoms with Gasteiger partial charge in [0, 0.05) is 7.05 Å². The van der Waals surface area contributed by atoms with E-state index in [9.17, 15) is 14.4 Å². The van der Waals surface area contributed by atoms with Crippen molar-refractivity contribution < 1.29 is 14.3 Å². The van der Waals surface area contributed by atoms with Gasteiger partial charge in [-0.1, -0.05) is 36.0 Å². The van der Waals surface area contributed by atoms with Crippen molar-refractivity contribution in [2.45, 2.75) is 24.7 Å². The lowest BCUT2D eigenvalue weighted by molar-refractivity contribution is -0.121. The van der Waals surface area contributed by atoms with Gasteiger partial charge in [0.2, 0.25) is 0 Å². The molecule has 1 fully saturated rings. The molecule has 1 atom stereocenters. The van der Waals surface area contributed by atoms with Gasteiger partial charge in [0.15, 0.2) is 10.9 Å². The van der Waals surface area contributed by atoms with Crippen molar-refractivity contribution in [3.8, 4) is 5.75 Å². The number of benzene rings is 2. The Bertz CT molecular complexity index is 1120. The van der Waals surface area contributed by atoms with E-state index in [1.54, 1.807) is 13.1 Å². The van der Waals surface area contributed by atoms with Crippen LogP contribution in [-0.2, 0) is 29.7 Å². The van der Waals surface area contributed by atoms with E-state index < -0.39 is 0 Å². The maximum absolute atomic E-state index is 12.4. The molecule has 0 spiro atoms. The molecule has 1 aliphatic heterocycles. The molecule has 0 saturated carbocycles. The summed E-state index contributed by atoms with van der Waals surface area (Å²) in [5.74, 6) is 1.19. The molecule has 0 bridgehead atoms. The lowest BCUT2D eigenvalue weighted by Crippen LogP contribution is -2.23. The second kappa shape index (κ2) is 7.59. The van der Waals surface area contributed by atoms with Crippen LogP contribution in [0.3, 0.4) is 0 Å². The molecule has 4 rings (SSSR count). The molecule has 2 heterocycles. The van der Waals surface area contributed by atoms with Crippen LogP contribution in [0, 0.1) is 0 Å². The first kappa shape index (κ1) is 18.4.